The van der Waals surface area contributed by atoms with Crippen molar-refractivity contribution in [2.75, 3.05) is 17.6 Å². The van der Waals surface area contributed by atoms with Crippen LogP contribution in [0.1, 0.15) is 18.4 Å². The third-order valence-corrected chi connectivity index (χ3v) is 3.14. The van der Waals surface area contributed by atoms with E-state index < -0.39 is 11.7 Å². The highest BCUT2D eigenvalue weighted by molar-refractivity contribution is 5.59. The van der Waals surface area contributed by atoms with Gasteiger partial charge < -0.3 is 16.2 Å². The Balaban J connectivity index is 2.07. The van der Waals surface area contributed by atoms with E-state index in [-0.39, 0.29) is 23.4 Å². The van der Waals surface area contributed by atoms with Crippen LogP contribution in [0.2, 0.25) is 0 Å². The second-order valence-corrected chi connectivity index (χ2v) is 4.67. The van der Waals surface area contributed by atoms with Crippen LogP contribution in [-0.4, -0.2) is 17.8 Å². The lowest BCUT2D eigenvalue weighted by Crippen LogP contribution is -2.33. The molecule has 0 spiro atoms. The Morgan fingerprint density at radius 3 is 2.56 bits per heavy atom. The van der Waals surface area contributed by atoms with E-state index >= 15 is 0 Å². The number of rotatable bonds is 3. The van der Waals surface area contributed by atoms with Crippen LogP contribution in [-0.2, 0) is 6.18 Å². The summed E-state index contributed by atoms with van der Waals surface area (Å²) in [6.07, 6.45) is -3.44. The highest BCUT2D eigenvalue weighted by atomic mass is 19.4. The summed E-state index contributed by atoms with van der Waals surface area (Å²) >= 11 is 0. The molecule has 6 heteroatoms. The van der Waals surface area contributed by atoms with E-state index in [0.717, 1.165) is 6.07 Å². The first-order valence-electron chi connectivity index (χ1n) is 5.75. The second kappa shape index (κ2) is 4.68. The first kappa shape index (κ1) is 13.0. The van der Waals surface area contributed by atoms with Crippen LogP contribution in [0.4, 0.5) is 24.5 Å². The lowest BCUT2D eigenvalue weighted by atomic mass is 9.82. The van der Waals surface area contributed by atoms with Crippen molar-refractivity contribution in [1.82, 2.24) is 0 Å². The number of aliphatic hydroxyl groups is 1. The van der Waals surface area contributed by atoms with Gasteiger partial charge in [0.1, 0.15) is 0 Å². The highest BCUT2D eigenvalue weighted by Gasteiger charge is 2.34. The Labute approximate surface area is 103 Å². The minimum atomic E-state index is -4.42. The van der Waals surface area contributed by atoms with Gasteiger partial charge in [-0.3, -0.25) is 0 Å². The number of hydrogen-bond donors (Lipinski definition) is 3. The Kier molecular flexibility index (Phi) is 3.38. The zero-order chi connectivity index (χ0) is 13.3. The molecule has 1 aliphatic rings. The Morgan fingerprint density at radius 2 is 2.00 bits per heavy atom. The molecule has 0 radical (unpaired) electrons. The SMILES string of the molecule is Nc1ccc(NCC2CC(O)C2)c(C(F)(F)F)c1. The van der Waals surface area contributed by atoms with Crippen molar-refractivity contribution >= 4 is 11.4 Å². The van der Waals surface area contributed by atoms with E-state index in [1.165, 1.54) is 12.1 Å². The van der Waals surface area contributed by atoms with Crippen LogP contribution in [0.15, 0.2) is 18.2 Å². The van der Waals surface area contributed by atoms with Gasteiger partial charge in [-0.05, 0) is 37.0 Å². The van der Waals surface area contributed by atoms with Crippen molar-refractivity contribution in [2.45, 2.75) is 25.1 Å². The fourth-order valence-corrected chi connectivity index (χ4v) is 2.07. The topological polar surface area (TPSA) is 58.3 Å². The van der Waals surface area contributed by atoms with Crippen molar-refractivity contribution in [2.24, 2.45) is 5.92 Å². The van der Waals surface area contributed by atoms with Crippen molar-refractivity contribution in [1.29, 1.82) is 0 Å². The molecule has 0 amide bonds. The summed E-state index contributed by atoms with van der Waals surface area (Å²) in [5.74, 6) is 0.235. The zero-order valence-electron chi connectivity index (χ0n) is 9.67. The Morgan fingerprint density at radius 1 is 1.33 bits per heavy atom. The van der Waals surface area contributed by atoms with Gasteiger partial charge in [-0.15, -0.1) is 0 Å². The van der Waals surface area contributed by atoms with Gasteiger partial charge in [0.15, 0.2) is 0 Å². The molecule has 1 fully saturated rings. The standard InChI is InChI=1S/C12H15F3N2O/c13-12(14,15)10-5-8(16)1-2-11(10)17-6-7-3-9(18)4-7/h1-2,5,7,9,17-18H,3-4,6,16H2. The average Bonchev–Trinajstić information content (AvgIpc) is 2.23. The van der Waals surface area contributed by atoms with E-state index in [0.29, 0.717) is 19.4 Å². The molecule has 1 saturated carbocycles. The number of halogens is 3. The molecule has 18 heavy (non-hydrogen) atoms. The predicted molar refractivity (Wildman–Crippen MR) is 63.1 cm³/mol. The van der Waals surface area contributed by atoms with Gasteiger partial charge in [-0.1, -0.05) is 0 Å². The summed E-state index contributed by atoms with van der Waals surface area (Å²) in [6, 6.07) is 3.71. The molecular weight excluding hydrogens is 245 g/mol. The molecule has 1 aromatic rings. The first-order valence-corrected chi connectivity index (χ1v) is 5.75. The number of hydrogen-bond acceptors (Lipinski definition) is 3. The summed E-state index contributed by atoms with van der Waals surface area (Å²) in [4.78, 5) is 0. The van der Waals surface area contributed by atoms with Gasteiger partial charge >= 0.3 is 6.18 Å². The number of aliphatic hydroxyl groups excluding tert-OH is 1. The summed E-state index contributed by atoms with van der Waals surface area (Å²) in [5, 5.41) is 11.9. The lowest BCUT2D eigenvalue weighted by Gasteiger charge is -2.32. The second-order valence-electron chi connectivity index (χ2n) is 4.67. The van der Waals surface area contributed by atoms with Crippen molar-refractivity contribution in [3.63, 3.8) is 0 Å². The molecule has 0 unspecified atom stereocenters. The van der Waals surface area contributed by atoms with Crippen molar-refractivity contribution in [3.8, 4) is 0 Å². The third kappa shape index (κ3) is 2.87. The third-order valence-electron chi connectivity index (χ3n) is 3.14. The normalized spacial score (nSPS) is 23.6. The van der Waals surface area contributed by atoms with Crippen LogP contribution in [0.3, 0.4) is 0 Å². The molecule has 0 atom stereocenters. The molecule has 2 rings (SSSR count). The molecule has 0 heterocycles. The summed E-state index contributed by atoms with van der Waals surface area (Å²) < 4.78 is 38.3. The molecule has 0 saturated heterocycles. The van der Waals surface area contributed by atoms with Gasteiger partial charge in [0.05, 0.1) is 11.7 Å². The van der Waals surface area contributed by atoms with Crippen LogP contribution in [0.5, 0.6) is 0 Å². The minimum Gasteiger partial charge on any atom is -0.399 e. The average molecular weight is 260 g/mol. The smallest absolute Gasteiger partial charge is 0.399 e. The fraction of sp³-hybridized carbons (Fsp3) is 0.500. The van der Waals surface area contributed by atoms with Crippen LogP contribution in [0, 0.1) is 5.92 Å². The monoisotopic (exact) mass is 260 g/mol. The lowest BCUT2D eigenvalue weighted by molar-refractivity contribution is -0.136. The van der Waals surface area contributed by atoms with Gasteiger partial charge in [-0.25, -0.2) is 0 Å². The molecule has 100 valence electrons. The number of anilines is 2. The first-order chi connectivity index (χ1) is 8.36. The van der Waals surface area contributed by atoms with E-state index in [1.807, 2.05) is 0 Å². The molecular formula is C12H15F3N2O. The quantitative estimate of drug-likeness (QED) is 0.732. The number of alkyl halides is 3. The maximum atomic E-state index is 12.8. The minimum absolute atomic E-state index is 0.0399. The molecule has 3 nitrogen and oxygen atoms in total. The summed E-state index contributed by atoms with van der Waals surface area (Å²) in [6.45, 7) is 0.435. The number of nitrogen functional groups attached to an aromatic ring is 1. The maximum absolute atomic E-state index is 12.8. The zero-order valence-corrected chi connectivity index (χ0v) is 9.67. The van der Waals surface area contributed by atoms with E-state index in [9.17, 15) is 13.2 Å². The van der Waals surface area contributed by atoms with Crippen molar-refractivity contribution < 1.29 is 18.3 Å². The van der Waals surface area contributed by atoms with Gasteiger partial charge in [0.25, 0.3) is 0 Å². The van der Waals surface area contributed by atoms with Gasteiger partial charge in [-0.2, -0.15) is 13.2 Å². The maximum Gasteiger partial charge on any atom is 0.418 e. The Hall–Kier alpha value is -1.43. The van der Waals surface area contributed by atoms with Crippen molar-refractivity contribution in [3.05, 3.63) is 23.8 Å². The van der Waals surface area contributed by atoms with Crippen LogP contribution in [0.25, 0.3) is 0 Å². The number of nitrogens with one attached hydrogen (secondary N) is 1. The van der Waals surface area contributed by atoms with Gasteiger partial charge in [0.2, 0.25) is 0 Å². The molecule has 4 N–H and O–H groups in total. The van der Waals surface area contributed by atoms with Gasteiger partial charge in [0, 0.05) is 17.9 Å². The molecule has 1 aliphatic carbocycles. The summed E-state index contributed by atoms with van der Waals surface area (Å²) in [5.41, 5.74) is 4.76. The molecule has 0 aliphatic heterocycles. The van der Waals surface area contributed by atoms with Crippen LogP contribution < -0.4 is 11.1 Å². The molecule has 0 aromatic heterocycles. The number of nitrogens with two attached hydrogens (primary N) is 1. The van der Waals surface area contributed by atoms with E-state index in [2.05, 4.69) is 5.32 Å². The predicted octanol–water partition coefficient (Wildman–Crippen LogP) is 2.47. The fourth-order valence-electron chi connectivity index (χ4n) is 2.07. The highest BCUT2D eigenvalue weighted by Crippen LogP contribution is 2.36. The van der Waals surface area contributed by atoms with E-state index in [4.69, 9.17) is 10.8 Å². The van der Waals surface area contributed by atoms with Crippen LogP contribution >= 0.6 is 0 Å². The number of benzene rings is 1. The Bertz CT molecular complexity index is 428. The molecule has 0 bridgehead atoms. The summed E-state index contributed by atoms with van der Waals surface area (Å²) in [7, 11) is 0. The molecule has 1 aromatic carbocycles. The largest absolute Gasteiger partial charge is 0.418 e. The van der Waals surface area contributed by atoms with E-state index in [1.54, 1.807) is 0 Å².